The zero-order valence-corrected chi connectivity index (χ0v) is 17.6. The standard InChI is InChI=1S/C20H25F3N4O2S/c1-26(2)17(18-4-3-11-30-18)13-24-19(28)25-16-6-5-14(12-15(16)20(21,22)23)27-7-9-29-10-8-27/h3-6,11-12,17H,7-10,13H2,1-2H3,(H2,24,25,28). The maximum absolute atomic E-state index is 13.6. The summed E-state index contributed by atoms with van der Waals surface area (Å²) in [4.78, 5) is 17.2. The molecule has 0 saturated carbocycles. The van der Waals surface area contributed by atoms with Crippen LogP contribution in [0.2, 0.25) is 0 Å². The molecule has 3 rings (SSSR count). The molecule has 0 radical (unpaired) electrons. The highest BCUT2D eigenvalue weighted by molar-refractivity contribution is 7.10. The van der Waals surface area contributed by atoms with E-state index in [-0.39, 0.29) is 18.3 Å². The lowest BCUT2D eigenvalue weighted by Gasteiger charge is -2.29. The largest absolute Gasteiger partial charge is 0.418 e. The molecule has 1 aliphatic rings. The van der Waals surface area contributed by atoms with E-state index in [0.29, 0.717) is 32.0 Å². The van der Waals surface area contributed by atoms with Crippen LogP contribution in [0.25, 0.3) is 0 Å². The van der Waals surface area contributed by atoms with Crippen molar-refractivity contribution < 1.29 is 22.7 Å². The van der Waals surface area contributed by atoms with Crippen molar-refractivity contribution >= 4 is 28.7 Å². The Hall–Kier alpha value is -2.30. The number of halogens is 3. The van der Waals surface area contributed by atoms with E-state index in [1.165, 1.54) is 6.07 Å². The van der Waals surface area contributed by atoms with Gasteiger partial charge in [-0.15, -0.1) is 11.3 Å². The Morgan fingerprint density at radius 2 is 2.00 bits per heavy atom. The third-order valence-corrected chi connectivity index (χ3v) is 5.86. The van der Waals surface area contributed by atoms with E-state index in [4.69, 9.17) is 4.74 Å². The lowest BCUT2D eigenvalue weighted by molar-refractivity contribution is -0.136. The zero-order valence-electron chi connectivity index (χ0n) is 16.8. The van der Waals surface area contributed by atoms with Gasteiger partial charge in [0.1, 0.15) is 0 Å². The number of benzene rings is 1. The molecule has 6 nitrogen and oxygen atoms in total. The number of carbonyl (C=O) groups excluding carboxylic acids is 1. The Kier molecular flexibility index (Phi) is 7.22. The van der Waals surface area contributed by atoms with Crippen molar-refractivity contribution in [3.05, 3.63) is 46.2 Å². The normalized spacial score (nSPS) is 15.9. The van der Waals surface area contributed by atoms with Gasteiger partial charge in [-0.1, -0.05) is 6.07 Å². The fraction of sp³-hybridized carbons (Fsp3) is 0.450. The summed E-state index contributed by atoms with van der Waals surface area (Å²) in [5, 5.41) is 6.98. The number of hydrogen-bond acceptors (Lipinski definition) is 5. The number of amides is 2. The van der Waals surface area contributed by atoms with E-state index in [1.54, 1.807) is 17.4 Å². The Morgan fingerprint density at radius 1 is 1.27 bits per heavy atom. The molecule has 10 heteroatoms. The highest BCUT2D eigenvalue weighted by atomic mass is 32.1. The average molecular weight is 443 g/mol. The van der Waals surface area contributed by atoms with Gasteiger partial charge < -0.3 is 25.2 Å². The molecule has 1 aromatic heterocycles. The number of likely N-dealkylation sites (N-methyl/N-ethyl adjacent to an activating group) is 1. The first-order chi connectivity index (χ1) is 14.3. The van der Waals surface area contributed by atoms with Crippen molar-refractivity contribution in [2.24, 2.45) is 0 Å². The highest BCUT2D eigenvalue weighted by Crippen LogP contribution is 2.37. The maximum Gasteiger partial charge on any atom is 0.418 e. The third kappa shape index (κ3) is 5.65. The van der Waals surface area contributed by atoms with E-state index in [9.17, 15) is 18.0 Å². The van der Waals surface area contributed by atoms with Crippen LogP contribution in [-0.4, -0.2) is 57.9 Å². The summed E-state index contributed by atoms with van der Waals surface area (Å²) in [7, 11) is 3.77. The quantitative estimate of drug-likeness (QED) is 0.709. The molecule has 30 heavy (non-hydrogen) atoms. The van der Waals surface area contributed by atoms with Gasteiger partial charge in [0, 0.05) is 30.2 Å². The summed E-state index contributed by atoms with van der Waals surface area (Å²) in [5.41, 5.74) is -0.680. The lowest BCUT2D eigenvalue weighted by Crippen LogP contribution is -2.37. The summed E-state index contributed by atoms with van der Waals surface area (Å²) in [6, 6.07) is 7.10. The highest BCUT2D eigenvalue weighted by Gasteiger charge is 2.35. The molecular formula is C20H25F3N4O2S. The topological polar surface area (TPSA) is 56.8 Å². The summed E-state index contributed by atoms with van der Waals surface area (Å²) in [5.74, 6) is 0. The molecule has 0 bridgehead atoms. The van der Waals surface area contributed by atoms with Crippen molar-refractivity contribution in [2.45, 2.75) is 12.2 Å². The smallest absolute Gasteiger partial charge is 0.378 e. The molecule has 1 aromatic carbocycles. The van der Waals surface area contributed by atoms with Crippen molar-refractivity contribution in [2.75, 3.05) is 57.2 Å². The Labute approximate surface area is 177 Å². The van der Waals surface area contributed by atoms with E-state index in [0.717, 1.165) is 10.9 Å². The Balaban J connectivity index is 1.70. The lowest BCUT2D eigenvalue weighted by atomic mass is 10.1. The van der Waals surface area contributed by atoms with Crippen LogP contribution in [0.1, 0.15) is 16.5 Å². The summed E-state index contributed by atoms with van der Waals surface area (Å²) < 4.78 is 46.1. The predicted molar refractivity (Wildman–Crippen MR) is 112 cm³/mol. The van der Waals surface area contributed by atoms with Crippen LogP contribution < -0.4 is 15.5 Å². The minimum absolute atomic E-state index is 0.0680. The molecular weight excluding hydrogens is 417 g/mol. The number of alkyl halides is 3. The van der Waals surface area contributed by atoms with Crippen molar-refractivity contribution in [1.29, 1.82) is 0 Å². The van der Waals surface area contributed by atoms with Crippen LogP contribution in [0.5, 0.6) is 0 Å². The number of carbonyl (C=O) groups is 1. The SMILES string of the molecule is CN(C)C(CNC(=O)Nc1ccc(N2CCOCC2)cc1C(F)(F)F)c1cccs1. The van der Waals surface area contributed by atoms with Gasteiger partial charge in [0.15, 0.2) is 0 Å². The number of urea groups is 1. The van der Waals surface area contributed by atoms with Crippen LogP contribution in [-0.2, 0) is 10.9 Å². The number of nitrogens with one attached hydrogen (secondary N) is 2. The number of hydrogen-bond donors (Lipinski definition) is 2. The molecule has 164 valence electrons. The van der Waals surface area contributed by atoms with E-state index < -0.39 is 17.8 Å². The summed E-state index contributed by atoms with van der Waals surface area (Å²) >= 11 is 1.56. The molecule has 1 fully saturated rings. The first-order valence-electron chi connectivity index (χ1n) is 9.54. The van der Waals surface area contributed by atoms with E-state index in [1.807, 2.05) is 41.4 Å². The van der Waals surface area contributed by atoms with Crippen LogP contribution >= 0.6 is 11.3 Å². The fourth-order valence-electron chi connectivity index (χ4n) is 3.27. The summed E-state index contributed by atoms with van der Waals surface area (Å²) in [6.07, 6.45) is -4.59. The summed E-state index contributed by atoms with van der Waals surface area (Å²) in [6.45, 7) is 2.27. The molecule has 1 aliphatic heterocycles. The van der Waals surface area contributed by atoms with Crippen LogP contribution in [0, 0.1) is 0 Å². The molecule has 0 aliphatic carbocycles. The maximum atomic E-state index is 13.6. The molecule has 0 spiro atoms. The van der Waals surface area contributed by atoms with Gasteiger partial charge in [-0.25, -0.2) is 4.79 Å². The van der Waals surface area contributed by atoms with Gasteiger partial charge in [-0.3, -0.25) is 0 Å². The molecule has 1 saturated heterocycles. The van der Waals surface area contributed by atoms with Gasteiger partial charge in [-0.05, 0) is 43.7 Å². The number of ether oxygens (including phenoxy) is 1. The van der Waals surface area contributed by atoms with Gasteiger partial charge in [-0.2, -0.15) is 13.2 Å². The second-order valence-corrected chi connectivity index (χ2v) is 8.14. The van der Waals surface area contributed by atoms with Crippen LogP contribution in [0.15, 0.2) is 35.7 Å². The predicted octanol–water partition coefficient (Wildman–Crippen LogP) is 4.03. The van der Waals surface area contributed by atoms with Crippen LogP contribution in [0.4, 0.5) is 29.3 Å². The average Bonchev–Trinajstić information content (AvgIpc) is 3.22. The first kappa shape index (κ1) is 22.4. The minimum atomic E-state index is -4.59. The third-order valence-electron chi connectivity index (χ3n) is 4.88. The van der Waals surface area contributed by atoms with Gasteiger partial charge in [0.2, 0.25) is 0 Å². The minimum Gasteiger partial charge on any atom is -0.378 e. The molecule has 1 unspecified atom stereocenters. The van der Waals surface area contributed by atoms with Crippen molar-refractivity contribution in [3.63, 3.8) is 0 Å². The number of anilines is 2. The second-order valence-electron chi connectivity index (χ2n) is 7.16. The van der Waals surface area contributed by atoms with Gasteiger partial charge in [0.25, 0.3) is 0 Å². The Morgan fingerprint density at radius 3 is 2.60 bits per heavy atom. The zero-order chi connectivity index (χ0) is 21.7. The van der Waals surface area contributed by atoms with Crippen LogP contribution in [0.3, 0.4) is 0 Å². The van der Waals surface area contributed by atoms with Crippen molar-refractivity contribution in [1.82, 2.24) is 10.2 Å². The number of morpholine rings is 1. The molecule has 2 heterocycles. The van der Waals surface area contributed by atoms with E-state index in [2.05, 4.69) is 10.6 Å². The molecule has 2 aromatic rings. The van der Waals surface area contributed by atoms with E-state index >= 15 is 0 Å². The monoisotopic (exact) mass is 442 g/mol. The fourth-order valence-corrected chi connectivity index (χ4v) is 4.19. The Bertz CT molecular complexity index is 837. The molecule has 2 amide bonds. The van der Waals surface area contributed by atoms with Gasteiger partial charge in [0.05, 0.1) is 30.5 Å². The van der Waals surface area contributed by atoms with Gasteiger partial charge >= 0.3 is 12.2 Å². The van der Waals surface area contributed by atoms with Crippen molar-refractivity contribution in [3.8, 4) is 0 Å². The number of nitrogens with zero attached hydrogens (tertiary/aromatic N) is 2. The molecule has 2 N–H and O–H groups in total. The molecule has 1 atom stereocenters. The second kappa shape index (κ2) is 9.67. The number of rotatable bonds is 6. The number of thiophene rings is 1. The first-order valence-corrected chi connectivity index (χ1v) is 10.4.